The van der Waals surface area contributed by atoms with Gasteiger partial charge in [-0.3, -0.25) is 18.6 Å². The number of hydrogen-bond donors (Lipinski definition) is 2. The van der Waals surface area contributed by atoms with E-state index in [1.807, 2.05) is 0 Å². The molecular weight excluding hydrogens is 762 g/mol. The third-order valence-electron chi connectivity index (χ3n) is 11.5. The molecule has 0 aromatic carbocycles. The standard InChI is InChI=1S/C49H98NO8P/c1-3-5-7-9-11-13-15-17-19-21-23-24-26-28-30-32-34-36-38-40-42-49(52)58-47(46-57-59(53,54)56-44-43-50)45-55-48(51)41-39-37-35-33-31-29-27-25-22-20-18-16-14-12-10-8-6-4-2/h47H,3-46,50H2,1-2H3,(H,53,54)/t47-/m1/s1. The van der Waals surface area contributed by atoms with E-state index in [0.717, 1.165) is 32.1 Å². The minimum absolute atomic E-state index is 0.0584. The van der Waals surface area contributed by atoms with Crippen LogP contribution in [0.4, 0.5) is 0 Å². The molecule has 0 saturated carbocycles. The number of phosphoric acid groups is 1. The van der Waals surface area contributed by atoms with Crippen LogP contribution < -0.4 is 5.73 Å². The molecule has 352 valence electrons. The van der Waals surface area contributed by atoms with Crippen LogP contribution in [0.1, 0.15) is 271 Å². The van der Waals surface area contributed by atoms with Crippen molar-refractivity contribution in [2.24, 2.45) is 5.73 Å². The molecule has 0 amide bonds. The van der Waals surface area contributed by atoms with Crippen molar-refractivity contribution in [3.63, 3.8) is 0 Å². The number of unbranched alkanes of at least 4 members (excludes halogenated alkanes) is 36. The van der Waals surface area contributed by atoms with Gasteiger partial charge in [0, 0.05) is 19.4 Å². The van der Waals surface area contributed by atoms with Crippen molar-refractivity contribution in [2.75, 3.05) is 26.4 Å². The zero-order chi connectivity index (χ0) is 43.2. The predicted octanol–water partition coefficient (Wildman–Crippen LogP) is 15.2. The summed E-state index contributed by atoms with van der Waals surface area (Å²) in [5, 5.41) is 0. The first-order valence-corrected chi connectivity index (χ1v) is 27.0. The smallest absolute Gasteiger partial charge is 0.462 e. The quantitative estimate of drug-likeness (QED) is 0.0348. The van der Waals surface area contributed by atoms with Gasteiger partial charge in [-0.1, -0.05) is 245 Å². The topological polar surface area (TPSA) is 134 Å². The van der Waals surface area contributed by atoms with Crippen molar-refractivity contribution in [3.8, 4) is 0 Å². The number of rotatable bonds is 49. The van der Waals surface area contributed by atoms with Crippen LogP contribution in [0.2, 0.25) is 0 Å². The summed E-state index contributed by atoms with van der Waals surface area (Å²) in [6.07, 6.45) is 48.5. The maximum atomic E-state index is 12.6. The van der Waals surface area contributed by atoms with Crippen LogP contribution in [0.25, 0.3) is 0 Å². The van der Waals surface area contributed by atoms with E-state index < -0.39 is 26.5 Å². The van der Waals surface area contributed by atoms with Crippen molar-refractivity contribution in [2.45, 2.75) is 277 Å². The van der Waals surface area contributed by atoms with Gasteiger partial charge in [-0.25, -0.2) is 4.57 Å². The summed E-state index contributed by atoms with van der Waals surface area (Å²) in [5.74, 6) is -0.806. The third-order valence-corrected chi connectivity index (χ3v) is 12.5. The minimum Gasteiger partial charge on any atom is -0.462 e. The lowest BCUT2D eigenvalue weighted by Gasteiger charge is -2.19. The maximum absolute atomic E-state index is 12.6. The van der Waals surface area contributed by atoms with Gasteiger partial charge in [-0.2, -0.15) is 0 Å². The van der Waals surface area contributed by atoms with Crippen LogP contribution in [0.3, 0.4) is 0 Å². The van der Waals surface area contributed by atoms with Gasteiger partial charge in [0.05, 0.1) is 13.2 Å². The number of esters is 2. The largest absolute Gasteiger partial charge is 0.472 e. The van der Waals surface area contributed by atoms with E-state index in [9.17, 15) is 19.0 Å². The Kier molecular flexibility index (Phi) is 45.7. The van der Waals surface area contributed by atoms with E-state index >= 15 is 0 Å². The van der Waals surface area contributed by atoms with Crippen molar-refractivity contribution < 1.29 is 37.6 Å². The molecular formula is C49H98NO8P. The van der Waals surface area contributed by atoms with Gasteiger partial charge in [0.25, 0.3) is 0 Å². The van der Waals surface area contributed by atoms with E-state index in [2.05, 4.69) is 13.8 Å². The van der Waals surface area contributed by atoms with Crippen molar-refractivity contribution in [1.29, 1.82) is 0 Å². The Balaban J connectivity index is 3.99. The molecule has 0 aliphatic heterocycles. The monoisotopic (exact) mass is 860 g/mol. The molecule has 0 aliphatic carbocycles. The molecule has 0 aromatic heterocycles. The minimum atomic E-state index is -4.37. The van der Waals surface area contributed by atoms with Gasteiger partial charge < -0.3 is 20.1 Å². The highest BCUT2D eigenvalue weighted by Gasteiger charge is 2.26. The number of hydrogen-bond acceptors (Lipinski definition) is 8. The molecule has 0 saturated heterocycles. The molecule has 0 radical (unpaired) electrons. The van der Waals surface area contributed by atoms with Crippen LogP contribution in [0.5, 0.6) is 0 Å². The first-order chi connectivity index (χ1) is 28.8. The number of carbonyl (C=O) groups excluding carboxylic acids is 2. The van der Waals surface area contributed by atoms with Crippen LogP contribution in [0.15, 0.2) is 0 Å². The Hall–Kier alpha value is -0.990. The predicted molar refractivity (Wildman–Crippen MR) is 248 cm³/mol. The molecule has 1 unspecified atom stereocenters. The summed E-state index contributed by atoms with van der Waals surface area (Å²) in [7, 11) is -4.37. The van der Waals surface area contributed by atoms with Crippen LogP contribution in [0, 0.1) is 0 Å². The van der Waals surface area contributed by atoms with Gasteiger partial charge in [-0.15, -0.1) is 0 Å². The first kappa shape index (κ1) is 58.0. The number of nitrogens with two attached hydrogens (primary N) is 1. The first-order valence-electron chi connectivity index (χ1n) is 25.5. The van der Waals surface area contributed by atoms with E-state index in [1.165, 1.54) is 205 Å². The highest BCUT2D eigenvalue weighted by Crippen LogP contribution is 2.43. The fraction of sp³-hybridized carbons (Fsp3) is 0.959. The molecule has 0 spiro atoms. The van der Waals surface area contributed by atoms with Gasteiger partial charge in [0.2, 0.25) is 0 Å². The summed E-state index contributed by atoms with van der Waals surface area (Å²) >= 11 is 0. The summed E-state index contributed by atoms with van der Waals surface area (Å²) in [5.41, 5.74) is 5.37. The number of phosphoric ester groups is 1. The van der Waals surface area contributed by atoms with Crippen molar-refractivity contribution in [3.05, 3.63) is 0 Å². The van der Waals surface area contributed by atoms with E-state index in [4.69, 9.17) is 24.3 Å². The fourth-order valence-corrected chi connectivity index (χ4v) is 8.46. The van der Waals surface area contributed by atoms with E-state index in [-0.39, 0.29) is 38.6 Å². The molecule has 0 aliphatic rings. The Morgan fingerprint density at radius 3 is 1.03 bits per heavy atom. The Morgan fingerprint density at radius 2 is 0.729 bits per heavy atom. The average molecular weight is 860 g/mol. The molecule has 59 heavy (non-hydrogen) atoms. The normalized spacial score (nSPS) is 13.1. The SMILES string of the molecule is CCCCCCCCCCCCCCCCCCCCCCC(=O)O[C@H](COC(=O)CCCCCCCCCCCCCCCCCCCC)COP(=O)(O)OCCN. The Morgan fingerprint density at radius 1 is 0.441 bits per heavy atom. The summed E-state index contributed by atoms with van der Waals surface area (Å²) in [6.45, 7) is 3.81. The summed E-state index contributed by atoms with van der Waals surface area (Å²) in [4.78, 5) is 35.0. The van der Waals surface area contributed by atoms with Gasteiger partial charge in [-0.05, 0) is 12.8 Å². The molecule has 2 atom stereocenters. The highest BCUT2D eigenvalue weighted by molar-refractivity contribution is 7.47. The Bertz CT molecular complexity index is 938. The summed E-state index contributed by atoms with van der Waals surface area (Å²) in [6, 6.07) is 0. The molecule has 0 heterocycles. The molecule has 10 heteroatoms. The van der Waals surface area contributed by atoms with Crippen LogP contribution in [-0.4, -0.2) is 49.3 Å². The summed E-state index contributed by atoms with van der Waals surface area (Å²) < 4.78 is 32.9. The van der Waals surface area contributed by atoms with Crippen LogP contribution in [-0.2, 0) is 32.7 Å². The van der Waals surface area contributed by atoms with E-state index in [1.54, 1.807) is 0 Å². The number of carbonyl (C=O) groups is 2. The molecule has 3 N–H and O–H groups in total. The molecule has 0 bridgehead atoms. The zero-order valence-electron chi connectivity index (χ0n) is 39.0. The second-order valence-corrected chi connectivity index (χ2v) is 18.9. The molecule has 0 fully saturated rings. The third kappa shape index (κ3) is 46.3. The van der Waals surface area contributed by atoms with Crippen molar-refractivity contribution >= 4 is 19.8 Å². The maximum Gasteiger partial charge on any atom is 0.472 e. The molecule has 9 nitrogen and oxygen atoms in total. The van der Waals surface area contributed by atoms with Crippen LogP contribution >= 0.6 is 7.82 Å². The van der Waals surface area contributed by atoms with Gasteiger partial charge in [0.15, 0.2) is 6.10 Å². The lowest BCUT2D eigenvalue weighted by atomic mass is 10.0. The fourth-order valence-electron chi connectivity index (χ4n) is 7.70. The van der Waals surface area contributed by atoms with Gasteiger partial charge >= 0.3 is 19.8 Å². The second-order valence-electron chi connectivity index (χ2n) is 17.4. The molecule has 0 rings (SSSR count). The Labute approximate surface area is 365 Å². The number of ether oxygens (including phenoxy) is 2. The van der Waals surface area contributed by atoms with E-state index in [0.29, 0.717) is 6.42 Å². The zero-order valence-corrected chi connectivity index (χ0v) is 39.9. The lowest BCUT2D eigenvalue weighted by molar-refractivity contribution is -0.161. The average Bonchev–Trinajstić information content (AvgIpc) is 3.22. The highest BCUT2D eigenvalue weighted by atomic mass is 31.2. The van der Waals surface area contributed by atoms with Crippen molar-refractivity contribution in [1.82, 2.24) is 0 Å². The molecule has 0 aromatic rings. The van der Waals surface area contributed by atoms with Gasteiger partial charge in [0.1, 0.15) is 6.61 Å². The second kappa shape index (κ2) is 46.5. The lowest BCUT2D eigenvalue weighted by Crippen LogP contribution is -2.29.